The zero-order valence-corrected chi connectivity index (χ0v) is 11.6. The summed E-state index contributed by atoms with van der Waals surface area (Å²) in [5, 5.41) is 3.34. The van der Waals surface area contributed by atoms with Gasteiger partial charge in [0, 0.05) is 45.0 Å². The van der Waals surface area contributed by atoms with Crippen molar-refractivity contribution in [3.05, 3.63) is 18.7 Å². The van der Waals surface area contributed by atoms with Gasteiger partial charge < -0.3 is 14.8 Å². The van der Waals surface area contributed by atoms with Gasteiger partial charge in [-0.05, 0) is 32.2 Å². The highest BCUT2D eigenvalue weighted by Crippen LogP contribution is 2.09. The van der Waals surface area contributed by atoms with Crippen LogP contribution in [-0.4, -0.2) is 46.5 Å². The molecule has 2 rings (SSSR count). The summed E-state index contributed by atoms with van der Waals surface area (Å²) >= 11 is 0. The Hall–Kier alpha value is -1.36. The van der Waals surface area contributed by atoms with Crippen LogP contribution in [0.5, 0.6) is 0 Å². The molecule has 1 fully saturated rings. The van der Waals surface area contributed by atoms with E-state index in [0.717, 1.165) is 39.1 Å². The SMILES string of the molecule is O=C(CCNCCCn1ccnc1)N1CCCCC1. The first-order valence-corrected chi connectivity index (χ1v) is 7.30. The fraction of sp³-hybridized carbons (Fsp3) is 0.714. The third kappa shape index (κ3) is 5.03. The molecule has 0 aromatic carbocycles. The van der Waals surface area contributed by atoms with Gasteiger partial charge in [0.1, 0.15) is 0 Å². The number of amides is 1. The van der Waals surface area contributed by atoms with Crippen LogP contribution in [0.4, 0.5) is 0 Å². The third-order valence-electron chi connectivity index (χ3n) is 3.55. The minimum absolute atomic E-state index is 0.307. The summed E-state index contributed by atoms with van der Waals surface area (Å²) in [6, 6.07) is 0. The van der Waals surface area contributed by atoms with Crippen molar-refractivity contribution in [2.75, 3.05) is 26.2 Å². The molecule has 1 amide bonds. The van der Waals surface area contributed by atoms with E-state index in [1.807, 2.05) is 17.4 Å². The number of imidazole rings is 1. The Labute approximate surface area is 115 Å². The summed E-state index contributed by atoms with van der Waals surface area (Å²) in [5.74, 6) is 0.307. The Balaban J connectivity index is 1.48. The maximum absolute atomic E-state index is 11.9. The maximum Gasteiger partial charge on any atom is 0.223 e. The Morgan fingerprint density at radius 3 is 2.79 bits per heavy atom. The lowest BCUT2D eigenvalue weighted by atomic mass is 10.1. The van der Waals surface area contributed by atoms with Gasteiger partial charge >= 0.3 is 0 Å². The smallest absolute Gasteiger partial charge is 0.223 e. The largest absolute Gasteiger partial charge is 0.343 e. The lowest BCUT2D eigenvalue weighted by molar-refractivity contribution is -0.131. The van der Waals surface area contributed by atoms with E-state index in [0.29, 0.717) is 12.3 Å². The molecular weight excluding hydrogens is 240 g/mol. The molecule has 19 heavy (non-hydrogen) atoms. The molecule has 0 saturated carbocycles. The fourth-order valence-electron chi connectivity index (χ4n) is 2.43. The molecular formula is C14H24N4O. The highest BCUT2D eigenvalue weighted by atomic mass is 16.2. The Bertz CT molecular complexity index is 358. The molecule has 106 valence electrons. The molecule has 5 nitrogen and oxygen atoms in total. The van der Waals surface area contributed by atoms with Gasteiger partial charge in [-0.3, -0.25) is 4.79 Å². The standard InChI is InChI=1S/C14H24N4O/c19-14(18-10-2-1-3-11-18)5-7-15-6-4-9-17-12-8-16-13-17/h8,12-13,15H,1-7,9-11H2. The molecule has 1 saturated heterocycles. The zero-order valence-electron chi connectivity index (χ0n) is 11.6. The van der Waals surface area contributed by atoms with Crippen LogP contribution in [0.15, 0.2) is 18.7 Å². The maximum atomic E-state index is 11.9. The molecule has 1 aromatic heterocycles. The Morgan fingerprint density at radius 1 is 1.21 bits per heavy atom. The minimum Gasteiger partial charge on any atom is -0.343 e. The second-order valence-corrected chi connectivity index (χ2v) is 5.10. The number of carbonyl (C=O) groups is 1. The number of hydrogen-bond acceptors (Lipinski definition) is 3. The number of likely N-dealkylation sites (tertiary alicyclic amines) is 1. The Morgan fingerprint density at radius 2 is 2.05 bits per heavy atom. The van der Waals surface area contributed by atoms with E-state index >= 15 is 0 Å². The van der Waals surface area contributed by atoms with Gasteiger partial charge in [0.15, 0.2) is 0 Å². The lowest BCUT2D eigenvalue weighted by Crippen LogP contribution is -2.37. The summed E-state index contributed by atoms with van der Waals surface area (Å²) < 4.78 is 2.07. The van der Waals surface area contributed by atoms with Crippen LogP contribution in [0.3, 0.4) is 0 Å². The first-order chi connectivity index (χ1) is 9.36. The van der Waals surface area contributed by atoms with Crippen molar-refractivity contribution in [3.63, 3.8) is 0 Å². The van der Waals surface area contributed by atoms with E-state index in [9.17, 15) is 4.79 Å². The number of rotatable bonds is 7. The van der Waals surface area contributed by atoms with Gasteiger partial charge in [0.05, 0.1) is 6.33 Å². The van der Waals surface area contributed by atoms with Crippen LogP contribution in [0, 0.1) is 0 Å². The van der Waals surface area contributed by atoms with Crippen molar-refractivity contribution in [1.82, 2.24) is 19.8 Å². The number of piperidine rings is 1. The van der Waals surface area contributed by atoms with Gasteiger partial charge in [0.25, 0.3) is 0 Å². The summed E-state index contributed by atoms with van der Waals surface area (Å²) in [4.78, 5) is 17.9. The van der Waals surface area contributed by atoms with E-state index in [1.54, 1.807) is 6.20 Å². The second-order valence-electron chi connectivity index (χ2n) is 5.10. The van der Waals surface area contributed by atoms with Crippen molar-refractivity contribution in [2.45, 2.75) is 38.6 Å². The summed E-state index contributed by atoms with van der Waals surface area (Å²) in [5.41, 5.74) is 0. The zero-order chi connectivity index (χ0) is 13.3. The monoisotopic (exact) mass is 264 g/mol. The minimum atomic E-state index is 0.307. The molecule has 0 unspecified atom stereocenters. The molecule has 1 N–H and O–H groups in total. The van der Waals surface area contributed by atoms with Gasteiger partial charge in [-0.15, -0.1) is 0 Å². The average Bonchev–Trinajstić information content (AvgIpc) is 2.96. The van der Waals surface area contributed by atoms with Crippen LogP contribution >= 0.6 is 0 Å². The van der Waals surface area contributed by atoms with E-state index < -0.39 is 0 Å². The predicted molar refractivity (Wildman–Crippen MR) is 74.8 cm³/mol. The molecule has 0 atom stereocenters. The van der Waals surface area contributed by atoms with Gasteiger partial charge in [-0.2, -0.15) is 0 Å². The summed E-state index contributed by atoms with van der Waals surface area (Å²) in [6.07, 6.45) is 10.9. The summed E-state index contributed by atoms with van der Waals surface area (Å²) in [6.45, 7) is 4.64. The van der Waals surface area contributed by atoms with E-state index in [1.165, 1.54) is 19.3 Å². The van der Waals surface area contributed by atoms with Crippen molar-refractivity contribution < 1.29 is 4.79 Å². The van der Waals surface area contributed by atoms with Gasteiger partial charge in [-0.25, -0.2) is 4.98 Å². The molecule has 2 heterocycles. The molecule has 5 heteroatoms. The predicted octanol–water partition coefficient (Wildman–Crippen LogP) is 1.27. The topological polar surface area (TPSA) is 50.2 Å². The second kappa shape index (κ2) is 7.94. The van der Waals surface area contributed by atoms with Crippen LogP contribution in [0.25, 0.3) is 0 Å². The first-order valence-electron chi connectivity index (χ1n) is 7.30. The first kappa shape index (κ1) is 14.1. The molecule has 1 aliphatic rings. The molecule has 1 aliphatic heterocycles. The van der Waals surface area contributed by atoms with Crippen molar-refractivity contribution >= 4 is 5.91 Å². The highest BCUT2D eigenvalue weighted by Gasteiger charge is 2.15. The molecule has 1 aromatic rings. The Kier molecular flexibility index (Phi) is 5.88. The fourth-order valence-corrected chi connectivity index (χ4v) is 2.43. The quantitative estimate of drug-likeness (QED) is 0.754. The molecule has 0 aliphatic carbocycles. The van der Waals surface area contributed by atoms with E-state index in [4.69, 9.17) is 0 Å². The highest BCUT2D eigenvalue weighted by molar-refractivity contribution is 5.76. The van der Waals surface area contributed by atoms with Crippen LogP contribution in [-0.2, 0) is 11.3 Å². The van der Waals surface area contributed by atoms with Crippen LogP contribution in [0.1, 0.15) is 32.1 Å². The molecule has 0 spiro atoms. The number of aromatic nitrogens is 2. The van der Waals surface area contributed by atoms with Crippen LogP contribution in [0.2, 0.25) is 0 Å². The van der Waals surface area contributed by atoms with Crippen molar-refractivity contribution in [2.24, 2.45) is 0 Å². The third-order valence-corrected chi connectivity index (χ3v) is 3.55. The normalized spacial score (nSPS) is 15.7. The molecule has 0 bridgehead atoms. The lowest BCUT2D eigenvalue weighted by Gasteiger charge is -2.26. The van der Waals surface area contributed by atoms with Crippen molar-refractivity contribution in [1.29, 1.82) is 0 Å². The van der Waals surface area contributed by atoms with Gasteiger partial charge in [0.2, 0.25) is 5.91 Å². The molecule has 0 radical (unpaired) electrons. The van der Waals surface area contributed by atoms with Crippen LogP contribution < -0.4 is 5.32 Å². The number of aryl methyl sites for hydroxylation is 1. The van der Waals surface area contributed by atoms with Crippen molar-refractivity contribution in [3.8, 4) is 0 Å². The van der Waals surface area contributed by atoms with Gasteiger partial charge in [-0.1, -0.05) is 0 Å². The van der Waals surface area contributed by atoms with E-state index in [2.05, 4.69) is 14.9 Å². The number of nitrogens with zero attached hydrogens (tertiary/aromatic N) is 3. The number of carbonyl (C=O) groups excluding carboxylic acids is 1. The van der Waals surface area contributed by atoms with E-state index in [-0.39, 0.29) is 0 Å². The number of hydrogen-bond donors (Lipinski definition) is 1. The average molecular weight is 264 g/mol. The summed E-state index contributed by atoms with van der Waals surface area (Å²) in [7, 11) is 0. The number of nitrogens with one attached hydrogen (secondary N) is 1.